The molecule has 0 amide bonds. The molecule has 0 radical (unpaired) electrons. The van der Waals surface area contributed by atoms with Gasteiger partial charge in [-0.2, -0.15) is 0 Å². The van der Waals surface area contributed by atoms with Gasteiger partial charge in [0.15, 0.2) is 11.2 Å². The van der Waals surface area contributed by atoms with Crippen LogP contribution in [0.5, 0.6) is 5.75 Å². The second-order valence-corrected chi connectivity index (χ2v) is 6.66. The Labute approximate surface area is 170 Å². The quantitative estimate of drug-likeness (QED) is 0.430. The van der Waals surface area contributed by atoms with E-state index in [1.165, 1.54) is 0 Å². The molecular weight excluding hydrogens is 386 g/mol. The van der Waals surface area contributed by atoms with Gasteiger partial charge in [-0.05, 0) is 42.2 Å². The van der Waals surface area contributed by atoms with E-state index >= 15 is 0 Å². The predicted octanol–water partition coefficient (Wildman–Crippen LogP) is 2.79. The van der Waals surface area contributed by atoms with Gasteiger partial charge < -0.3 is 14.8 Å². The fourth-order valence-corrected chi connectivity index (χ4v) is 3.22. The number of carboxylic acid groups (broad SMARTS) is 1. The molecule has 0 bridgehead atoms. The maximum absolute atomic E-state index is 12.2. The Morgan fingerprint density at radius 1 is 1.17 bits per heavy atom. The molecule has 30 heavy (non-hydrogen) atoms. The van der Waals surface area contributed by atoms with Gasteiger partial charge in [0.1, 0.15) is 11.6 Å². The first kappa shape index (κ1) is 19.3. The molecule has 3 N–H and O–H groups in total. The smallest absolute Gasteiger partial charge is 0.303 e. The summed E-state index contributed by atoms with van der Waals surface area (Å²) >= 11 is 0. The molecular formula is C21H19N5O4. The van der Waals surface area contributed by atoms with E-state index in [1.807, 2.05) is 49.4 Å². The largest absolute Gasteiger partial charge is 0.493 e. The summed E-state index contributed by atoms with van der Waals surface area (Å²) < 4.78 is 5.81. The first-order valence-corrected chi connectivity index (χ1v) is 9.44. The number of aromatic amines is 2. The van der Waals surface area contributed by atoms with Crippen LogP contribution in [0.4, 0.5) is 0 Å². The molecule has 0 saturated carbocycles. The van der Waals surface area contributed by atoms with E-state index in [0.717, 1.165) is 16.7 Å². The number of fused-ring (bicyclic) bond motifs is 1. The lowest BCUT2D eigenvalue weighted by molar-refractivity contribution is -0.136. The van der Waals surface area contributed by atoms with Crippen molar-refractivity contribution in [1.82, 2.24) is 25.4 Å². The highest BCUT2D eigenvalue weighted by atomic mass is 16.5. The average Bonchev–Trinajstić information content (AvgIpc) is 3.22. The Bertz CT molecular complexity index is 1280. The number of benzene rings is 2. The van der Waals surface area contributed by atoms with E-state index in [0.29, 0.717) is 35.8 Å². The van der Waals surface area contributed by atoms with Crippen molar-refractivity contribution in [2.24, 2.45) is 0 Å². The van der Waals surface area contributed by atoms with Crippen LogP contribution in [0.15, 0.2) is 47.3 Å². The summed E-state index contributed by atoms with van der Waals surface area (Å²) in [6.45, 7) is 2.31. The van der Waals surface area contributed by atoms with Crippen molar-refractivity contribution >= 4 is 17.1 Å². The van der Waals surface area contributed by atoms with Crippen LogP contribution >= 0.6 is 0 Å². The van der Waals surface area contributed by atoms with E-state index in [2.05, 4.69) is 25.4 Å². The third kappa shape index (κ3) is 3.90. The minimum atomic E-state index is -0.825. The lowest BCUT2D eigenvalue weighted by Crippen LogP contribution is -2.10. The maximum atomic E-state index is 12.2. The van der Waals surface area contributed by atoms with Crippen molar-refractivity contribution in [3.63, 3.8) is 0 Å². The zero-order chi connectivity index (χ0) is 21.1. The second-order valence-electron chi connectivity index (χ2n) is 6.66. The summed E-state index contributed by atoms with van der Waals surface area (Å²) in [7, 11) is 0. The highest BCUT2D eigenvalue weighted by Crippen LogP contribution is 2.33. The van der Waals surface area contributed by atoms with Gasteiger partial charge in [-0.25, -0.2) is 10.1 Å². The van der Waals surface area contributed by atoms with Crippen molar-refractivity contribution in [3.8, 4) is 28.3 Å². The average molecular weight is 405 g/mol. The first-order valence-electron chi connectivity index (χ1n) is 9.44. The monoisotopic (exact) mass is 405 g/mol. The van der Waals surface area contributed by atoms with Crippen molar-refractivity contribution in [2.45, 2.75) is 19.8 Å². The summed E-state index contributed by atoms with van der Waals surface area (Å²) in [6, 6.07) is 13.4. The summed E-state index contributed by atoms with van der Waals surface area (Å²) in [5.41, 5.74) is 3.49. The number of ether oxygens (including phenoxy) is 1. The molecule has 0 aliphatic rings. The molecule has 2 aromatic carbocycles. The van der Waals surface area contributed by atoms with Crippen LogP contribution in [-0.4, -0.2) is 43.1 Å². The summed E-state index contributed by atoms with van der Waals surface area (Å²) in [6.07, 6.45) is 0.541. The zero-order valence-electron chi connectivity index (χ0n) is 16.2. The van der Waals surface area contributed by atoms with Crippen molar-refractivity contribution in [1.29, 1.82) is 0 Å². The van der Waals surface area contributed by atoms with Crippen LogP contribution < -0.4 is 10.3 Å². The molecule has 9 heteroatoms. The van der Waals surface area contributed by atoms with Crippen LogP contribution in [0.3, 0.4) is 0 Å². The van der Waals surface area contributed by atoms with Crippen LogP contribution in [0.25, 0.3) is 33.7 Å². The molecule has 9 nitrogen and oxygen atoms in total. The molecule has 0 unspecified atom stereocenters. The van der Waals surface area contributed by atoms with Gasteiger partial charge in [-0.15, -0.1) is 5.10 Å². The van der Waals surface area contributed by atoms with Gasteiger partial charge in [-0.1, -0.05) is 35.5 Å². The molecule has 0 aliphatic heterocycles. The lowest BCUT2D eigenvalue weighted by Gasteiger charge is -2.12. The summed E-state index contributed by atoms with van der Waals surface area (Å²) in [4.78, 5) is 30.2. The Kier molecular flexibility index (Phi) is 5.25. The van der Waals surface area contributed by atoms with Gasteiger partial charge in [-0.3, -0.25) is 9.59 Å². The number of nitrogens with zero attached hydrogens (tertiary/aromatic N) is 3. The SMILES string of the molecule is CCOc1cc(-c2cccc(CCC(=O)O)c2)ccc1-c1nc2[nH]nnc2c(=O)[nH]1. The summed E-state index contributed by atoms with van der Waals surface area (Å²) in [5.74, 6) is 0.0963. The zero-order valence-corrected chi connectivity index (χ0v) is 16.2. The molecule has 0 saturated heterocycles. The highest BCUT2D eigenvalue weighted by Gasteiger charge is 2.14. The van der Waals surface area contributed by atoms with E-state index in [4.69, 9.17) is 9.84 Å². The normalized spacial score (nSPS) is 11.0. The standard InChI is InChI=1S/C21H19N5O4/c1-2-30-16-11-14(13-5-3-4-12(10-13)6-9-17(27)28)7-8-15(16)19-22-20-18(21(29)23-19)24-26-25-20/h3-5,7-8,10-11H,2,6,9H2,1H3,(H,27,28)(H2,22,23,24,25,26,29). The number of hydrogen-bond acceptors (Lipinski definition) is 6. The maximum Gasteiger partial charge on any atom is 0.303 e. The molecule has 0 fully saturated rings. The van der Waals surface area contributed by atoms with Crippen molar-refractivity contribution in [3.05, 3.63) is 58.4 Å². The Morgan fingerprint density at radius 2 is 2.00 bits per heavy atom. The number of aliphatic carboxylic acids is 1. The molecule has 0 atom stereocenters. The van der Waals surface area contributed by atoms with Crippen LogP contribution in [0.1, 0.15) is 18.9 Å². The number of aromatic nitrogens is 5. The van der Waals surface area contributed by atoms with Crippen LogP contribution in [0, 0.1) is 0 Å². The lowest BCUT2D eigenvalue weighted by atomic mass is 9.99. The minimum Gasteiger partial charge on any atom is -0.493 e. The topological polar surface area (TPSA) is 134 Å². The Balaban J connectivity index is 1.74. The molecule has 152 valence electrons. The van der Waals surface area contributed by atoms with E-state index in [-0.39, 0.29) is 17.5 Å². The molecule has 0 aliphatic carbocycles. The third-order valence-electron chi connectivity index (χ3n) is 4.63. The molecule has 0 spiro atoms. The molecule has 4 aromatic rings. The first-order chi connectivity index (χ1) is 14.5. The van der Waals surface area contributed by atoms with E-state index < -0.39 is 5.97 Å². The molecule has 2 aromatic heterocycles. The van der Waals surface area contributed by atoms with Crippen LogP contribution in [0.2, 0.25) is 0 Å². The Hall–Kier alpha value is -4.01. The second kappa shape index (κ2) is 8.16. The number of carboxylic acids is 1. The van der Waals surface area contributed by atoms with Crippen LogP contribution in [-0.2, 0) is 11.2 Å². The Morgan fingerprint density at radius 3 is 2.80 bits per heavy atom. The fraction of sp³-hybridized carbons (Fsp3) is 0.190. The fourth-order valence-electron chi connectivity index (χ4n) is 3.22. The third-order valence-corrected chi connectivity index (χ3v) is 4.63. The summed E-state index contributed by atoms with van der Waals surface area (Å²) in [5, 5.41) is 18.9. The number of nitrogens with one attached hydrogen (secondary N) is 2. The minimum absolute atomic E-state index is 0.0799. The van der Waals surface area contributed by atoms with Gasteiger partial charge in [0, 0.05) is 6.42 Å². The number of aryl methyl sites for hydroxylation is 1. The van der Waals surface area contributed by atoms with Crippen molar-refractivity contribution in [2.75, 3.05) is 6.61 Å². The van der Waals surface area contributed by atoms with E-state index in [9.17, 15) is 9.59 Å². The van der Waals surface area contributed by atoms with Gasteiger partial charge >= 0.3 is 5.97 Å². The number of H-pyrrole nitrogens is 2. The van der Waals surface area contributed by atoms with E-state index in [1.54, 1.807) is 0 Å². The number of carbonyl (C=O) groups is 1. The van der Waals surface area contributed by atoms with Gasteiger partial charge in [0.05, 0.1) is 12.2 Å². The predicted molar refractivity (Wildman–Crippen MR) is 110 cm³/mol. The number of hydrogen-bond donors (Lipinski definition) is 3. The van der Waals surface area contributed by atoms with Gasteiger partial charge in [0.25, 0.3) is 5.56 Å². The molecule has 4 rings (SSSR count). The van der Waals surface area contributed by atoms with Gasteiger partial charge in [0.2, 0.25) is 0 Å². The highest BCUT2D eigenvalue weighted by molar-refractivity contribution is 5.76. The van der Waals surface area contributed by atoms with Crippen molar-refractivity contribution < 1.29 is 14.6 Å². The molecule has 2 heterocycles. The number of rotatable bonds is 7.